The van der Waals surface area contributed by atoms with Crippen LogP contribution >= 0.6 is 0 Å². The molecule has 1 aromatic carbocycles. The number of hydrogen-bond donors (Lipinski definition) is 1. The summed E-state index contributed by atoms with van der Waals surface area (Å²) in [6.07, 6.45) is 0. The summed E-state index contributed by atoms with van der Waals surface area (Å²) in [7, 11) is 0. The molecule has 1 heterocycles. The van der Waals surface area contributed by atoms with Gasteiger partial charge in [0.05, 0.1) is 29.2 Å². The summed E-state index contributed by atoms with van der Waals surface area (Å²) in [5, 5.41) is 9.18. The van der Waals surface area contributed by atoms with E-state index in [2.05, 4.69) is 30.3 Å². The van der Waals surface area contributed by atoms with Crippen molar-refractivity contribution in [3.8, 4) is 0 Å². The molecule has 0 saturated carbocycles. The maximum absolute atomic E-state index is 11.2. The topological polar surface area (TPSA) is 64.4 Å². The molecule has 0 bridgehead atoms. The number of aromatic carboxylic acids is 1. The van der Waals surface area contributed by atoms with Crippen molar-refractivity contribution in [1.29, 1.82) is 0 Å². The monoisotopic (exact) mass is 290 g/mol. The van der Waals surface area contributed by atoms with Crippen LogP contribution in [-0.4, -0.2) is 33.8 Å². The normalized spacial score (nSPS) is 13.0. The Hall–Kier alpha value is -1.88. The number of hydrogen-bond acceptors (Lipinski definition) is 3. The van der Waals surface area contributed by atoms with Gasteiger partial charge in [0.15, 0.2) is 0 Å². The van der Waals surface area contributed by atoms with Gasteiger partial charge in [0.2, 0.25) is 0 Å². The predicted molar refractivity (Wildman–Crippen MR) is 82.0 cm³/mol. The highest BCUT2D eigenvalue weighted by molar-refractivity contribution is 5.92. The van der Waals surface area contributed by atoms with Crippen LogP contribution in [0, 0.1) is 0 Å². The maximum atomic E-state index is 11.2. The van der Waals surface area contributed by atoms with Gasteiger partial charge >= 0.3 is 5.97 Å². The van der Waals surface area contributed by atoms with Gasteiger partial charge in [0.1, 0.15) is 5.82 Å². The van der Waals surface area contributed by atoms with Gasteiger partial charge in [-0.1, -0.05) is 13.8 Å². The molecule has 1 atom stereocenters. The van der Waals surface area contributed by atoms with Crippen LogP contribution in [0.4, 0.5) is 0 Å². The third kappa shape index (κ3) is 3.08. The van der Waals surface area contributed by atoms with E-state index in [0.717, 1.165) is 16.9 Å². The molecule has 0 amide bonds. The summed E-state index contributed by atoms with van der Waals surface area (Å²) in [6, 6.07) is 5.17. The van der Waals surface area contributed by atoms with Crippen LogP contribution in [0.5, 0.6) is 0 Å². The van der Waals surface area contributed by atoms with Gasteiger partial charge in [-0.15, -0.1) is 0 Å². The van der Waals surface area contributed by atoms with Crippen molar-refractivity contribution in [3.05, 3.63) is 29.6 Å². The molecule has 5 heteroatoms. The van der Waals surface area contributed by atoms with Gasteiger partial charge in [-0.05, 0) is 32.0 Å². The van der Waals surface area contributed by atoms with Gasteiger partial charge < -0.3 is 14.4 Å². The molecule has 0 saturated heterocycles. The van der Waals surface area contributed by atoms with E-state index in [4.69, 9.17) is 4.74 Å². The number of carboxylic acid groups (broad SMARTS) is 1. The first kappa shape index (κ1) is 15.5. The Morgan fingerprint density at radius 2 is 2.10 bits per heavy atom. The molecule has 0 aliphatic carbocycles. The number of rotatable bonds is 6. The number of carbonyl (C=O) groups is 1. The van der Waals surface area contributed by atoms with Crippen molar-refractivity contribution in [1.82, 2.24) is 9.55 Å². The molecule has 1 N–H and O–H groups in total. The Balaban J connectivity index is 2.58. The van der Waals surface area contributed by atoms with Gasteiger partial charge in [0, 0.05) is 12.5 Å². The summed E-state index contributed by atoms with van der Waals surface area (Å²) < 4.78 is 7.61. The van der Waals surface area contributed by atoms with E-state index < -0.39 is 5.97 Å². The second-order valence-corrected chi connectivity index (χ2v) is 5.51. The minimum atomic E-state index is -0.923. The highest BCUT2D eigenvalue weighted by Gasteiger charge is 2.19. The Morgan fingerprint density at radius 1 is 1.38 bits per heavy atom. The van der Waals surface area contributed by atoms with E-state index in [0.29, 0.717) is 13.2 Å². The molecule has 21 heavy (non-hydrogen) atoms. The Bertz CT molecular complexity index is 646. The first-order valence-corrected chi connectivity index (χ1v) is 7.28. The molecule has 5 nitrogen and oxygen atoms in total. The molecule has 2 rings (SSSR count). The van der Waals surface area contributed by atoms with Crippen LogP contribution < -0.4 is 0 Å². The SMILES string of the molecule is CCOCC(C)n1c(C(C)C)nc2ccc(C(=O)O)cc21. The van der Waals surface area contributed by atoms with Crippen LogP contribution in [-0.2, 0) is 4.74 Å². The average molecular weight is 290 g/mol. The molecule has 0 fully saturated rings. The second kappa shape index (κ2) is 6.26. The van der Waals surface area contributed by atoms with Crippen molar-refractivity contribution in [2.45, 2.75) is 39.7 Å². The molecular weight excluding hydrogens is 268 g/mol. The van der Waals surface area contributed by atoms with E-state index in [9.17, 15) is 9.90 Å². The first-order valence-electron chi connectivity index (χ1n) is 7.28. The smallest absolute Gasteiger partial charge is 0.335 e. The zero-order valence-electron chi connectivity index (χ0n) is 13.0. The van der Waals surface area contributed by atoms with E-state index in [-0.39, 0.29) is 17.5 Å². The molecule has 1 aromatic heterocycles. The van der Waals surface area contributed by atoms with Crippen LogP contribution in [0.2, 0.25) is 0 Å². The summed E-state index contributed by atoms with van der Waals surface area (Å²) in [5.74, 6) is 0.294. The predicted octanol–water partition coefficient (Wildman–Crippen LogP) is 3.46. The minimum absolute atomic E-state index is 0.108. The van der Waals surface area contributed by atoms with Crippen molar-refractivity contribution in [2.75, 3.05) is 13.2 Å². The zero-order valence-corrected chi connectivity index (χ0v) is 13.0. The Labute approximate surface area is 124 Å². The van der Waals surface area contributed by atoms with Gasteiger partial charge in [-0.2, -0.15) is 0 Å². The summed E-state index contributed by atoms with van der Waals surface area (Å²) in [6.45, 7) is 9.44. The highest BCUT2D eigenvalue weighted by Crippen LogP contribution is 2.27. The minimum Gasteiger partial charge on any atom is -0.478 e. The van der Waals surface area contributed by atoms with Gasteiger partial charge in [-0.3, -0.25) is 0 Å². The van der Waals surface area contributed by atoms with E-state index >= 15 is 0 Å². The van der Waals surface area contributed by atoms with Crippen molar-refractivity contribution in [3.63, 3.8) is 0 Å². The first-order chi connectivity index (χ1) is 9.95. The summed E-state index contributed by atoms with van der Waals surface area (Å²) in [5.41, 5.74) is 1.96. The molecule has 0 radical (unpaired) electrons. The standard InChI is InChI=1S/C16H22N2O3/c1-5-21-9-11(4)18-14-8-12(16(19)20)6-7-13(14)17-15(18)10(2)3/h6-8,10-11H,5,9H2,1-4H3,(H,19,20). The van der Waals surface area contributed by atoms with Gasteiger partial charge in [0.25, 0.3) is 0 Å². The molecule has 114 valence electrons. The molecule has 1 unspecified atom stereocenters. The fourth-order valence-electron chi connectivity index (χ4n) is 2.48. The summed E-state index contributed by atoms with van der Waals surface area (Å²) in [4.78, 5) is 15.8. The number of aromatic nitrogens is 2. The molecule has 0 aliphatic rings. The average Bonchev–Trinajstić information content (AvgIpc) is 2.83. The van der Waals surface area contributed by atoms with Crippen molar-refractivity contribution >= 4 is 17.0 Å². The molecule has 2 aromatic rings. The second-order valence-electron chi connectivity index (χ2n) is 5.51. The summed E-state index contributed by atoms with van der Waals surface area (Å²) >= 11 is 0. The van der Waals surface area contributed by atoms with E-state index in [1.165, 1.54) is 0 Å². The van der Waals surface area contributed by atoms with Crippen LogP contribution in [0.1, 0.15) is 55.8 Å². The number of carboxylic acids is 1. The Kier molecular flexibility index (Phi) is 4.63. The number of nitrogens with zero attached hydrogens (tertiary/aromatic N) is 2. The lowest BCUT2D eigenvalue weighted by Gasteiger charge is -2.19. The lowest BCUT2D eigenvalue weighted by molar-refractivity contribution is 0.0697. The molecule has 0 aliphatic heterocycles. The lowest BCUT2D eigenvalue weighted by Crippen LogP contribution is -2.16. The maximum Gasteiger partial charge on any atom is 0.335 e. The Morgan fingerprint density at radius 3 is 2.67 bits per heavy atom. The fourth-order valence-corrected chi connectivity index (χ4v) is 2.48. The van der Waals surface area contributed by atoms with Crippen molar-refractivity contribution in [2.24, 2.45) is 0 Å². The molecular formula is C16H22N2O3. The molecule has 0 spiro atoms. The van der Waals surface area contributed by atoms with Crippen LogP contribution in [0.15, 0.2) is 18.2 Å². The third-order valence-electron chi connectivity index (χ3n) is 3.48. The number of fused-ring (bicyclic) bond motifs is 1. The van der Waals surface area contributed by atoms with Crippen LogP contribution in [0.25, 0.3) is 11.0 Å². The largest absolute Gasteiger partial charge is 0.478 e. The van der Waals surface area contributed by atoms with E-state index in [1.807, 2.05) is 6.92 Å². The lowest BCUT2D eigenvalue weighted by atomic mass is 10.2. The third-order valence-corrected chi connectivity index (χ3v) is 3.48. The van der Waals surface area contributed by atoms with Gasteiger partial charge in [-0.25, -0.2) is 9.78 Å². The number of ether oxygens (including phenoxy) is 1. The van der Waals surface area contributed by atoms with Crippen molar-refractivity contribution < 1.29 is 14.6 Å². The highest BCUT2D eigenvalue weighted by atomic mass is 16.5. The van der Waals surface area contributed by atoms with E-state index in [1.54, 1.807) is 18.2 Å². The number of benzene rings is 1. The fraction of sp³-hybridized carbons (Fsp3) is 0.500. The van der Waals surface area contributed by atoms with Crippen LogP contribution in [0.3, 0.4) is 0 Å². The quantitative estimate of drug-likeness (QED) is 0.885. The zero-order chi connectivity index (χ0) is 15.6. The number of imidazole rings is 1.